The second-order valence-electron chi connectivity index (χ2n) is 9.35. The lowest BCUT2D eigenvalue weighted by molar-refractivity contribution is -0.136. The van der Waals surface area contributed by atoms with Crippen LogP contribution in [0.3, 0.4) is 0 Å². The summed E-state index contributed by atoms with van der Waals surface area (Å²) in [5, 5.41) is 0. The molecule has 38 heavy (non-hydrogen) atoms. The Bertz CT molecular complexity index is 1130. The van der Waals surface area contributed by atoms with Gasteiger partial charge in [-0.25, -0.2) is 0 Å². The van der Waals surface area contributed by atoms with E-state index in [4.69, 9.17) is 18.8 Å². The van der Waals surface area contributed by atoms with E-state index in [1.54, 1.807) is 14.2 Å². The third-order valence-corrected chi connectivity index (χ3v) is 7.44. The lowest BCUT2D eigenvalue weighted by atomic mass is 9.71. The molecule has 0 bridgehead atoms. The molecular formula is C33H33BO4. The van der Waals surface area contributed by atoms with E-state index in [0.717, 1.165) is 22.3 Å². The molecule has 1 heterocycles. The molecule has 0 aliphatic carbocycles. The molecule has 5 heteroatoms. The Morgan fingerprint density at radius 2 is 0.842 bits per heavy atom. The van der Waals surface area contributed by atoms with Crippen LogP contribution in [0.4, 0.5) is 0 Å². The van der Waals surface area contributed by atoms with Crippen molar-refractivity contribution in [2.45, 2.75) is 30.3 Å². The maximum absolute atomic E-state index is 6.82. The van der Waals surface area contributed by atoms with Crippen LogP contribution in [0.2, 0.25) is 0 Å². The number of benzene rings is 4. The predicted octanol–water partition coefficient (Wildman–Crippen LogP) is 6.55. The molecule has 2 atom stereocenters. The monoisotopic (exact) mass is 504 g/mol. The van der Waals surface area contributed by atoms with Gasteiger partial charge in [0.15, 0.2) is 0 Å². The Kier molecular flexibility index (Phi) is 7.91. The van der Waals surface area contributed by atoms with Crippen LogP contribution >= 0.6 is 0 Å². The number of rotatable bonds is 9. The summed E-state index contributed by atoms with van der Waals surface area (Å²) in [4.78, 5) is 0. The Morgan fingerprint density at radius 3 is 1.08 bits per heavy atom. The van der Waals surface area contributed by atoms with E-state index < -0.39 is 30.5 Å². The van der Waals surface area contributed by atoms with E-state index >= 15 is 0 Å². The first-order valence-electron chi connectivity index (χ1n) is 13.0. The molecule has 1 saturated heterocycles. The lowest BCUT2D eigenvalue weighted by Crippen LogP contribution is -2.56. The second-order valence-corrected chi connectivity index (χ2v) is 9.35. The van der Waals surface area contributed by atoms with Gasteiger partial charge in [0.05, 0.1) is 0 Å². The van der Waals surface area contributed by atoms with Crippen molar-refractivity contribution in [2.75, 3.05) is 14.2 Å². The van der Waals surface area contributed by atoms with Crippen LogP contribution in [-0.4, -0.2) is 33.5 Å². The molecule has 192 valence electrons. The molecule has 0 aromatic heterocycles. The van der Waals surface area contributed by atoms with Crippen LogP contribution in [0, 0.1) is 0 Å². The maximum atomic E-state index is 6.82. The van der Waals surface area contributed by atoms with Crippen LogP contribution in [0.25, 0.3) is 0 Å². The molecule has 4 nitrogen and oxygen atoms in total. The van der Waals surface area contributed by atoms with Gasteiger partial charge in [0.2, 0.25) is 0 Å². The Labute approximate surface area is 226 Å². The Balaban J connectivity index is 1.81. The van der Waals surface area contributed by atoms with E-state index in [1.165, 1.54) is 0 Å². The average Bonchev–Trinajstić information content (AvgIpc) is 3.41. The minimum Gasteiger partial charge on any atom is -0.398 e. The van der Waals surface area contributed by atoms with Crippen molar-refractivity contribution in [3.05, 3.63) is 156 Å². The summed E-state index contributed by atoms with van der Waals surface area (Å²) in [6.07, 6.45) is 0.779. The zero-order chi connectivity index (χ0) is 26.4. The fourth-order valence-electron chi connectivity index (χ4n) is 5.77. The quantitative estimate of drug-likeness (QED) is 0.242. The summed E-state index contributed by atoms with van der Waals surface area (Å²) in [7, 11) is 2.89. The second kappa shape index (κ2) is 11.5. The molecule has 0 amide bonds. The zero-order valence-electron chi connectivity index (χ0n) is 22.1. The first kappa shape index (κ1) is 26.1. The number of methoxy groups -OCH3 is 2. The molecule has 0 spiro atoms. The summed E-state index contributed by atoms with van der Waals surface area (Å²) in [6.45, 7) is 1.96. The molecule has 5 rings (SSSR count). The summed E-state index contributed by atoms with van der Waals surface area (Å²) in [5.74, 6) is 1.93. The van der Waals surface area contributed by atoms with Crippen molar-refractivity contribution in [1.29, 1.82) is 0 Å². The molecule has 0 radical (unpaired) electrons. The Morgan fingerprint density at radius 1 is 0.553 bits per heavy atom. The minimum atomic E-state index is -0.989. The topological polar surface area (TPSA) is 36.9 Å². The standard InChI is InChI=1S/C33H33BO4/c1-4-25-34-37-30(32(35-2,26-17-9-5-10-18-26)27-19-11-6-12-20-27)31(38-34)33(36-3,28-21-13-7-14-22-28)29-23-15-8-16-24-29/h4-25,30-31H,1-3H3. The van der Waals surface area contributed by atoms with Gasteiger partial charge < -0.3 is 18.8 Å². The van der Waals surface area contributed by atoms with Crippen molar-refractivity contribution in [3.63, 3.8) is 0 Å². The van der Waals surface area contributed by atoms with E-state index in [2.05, 4.69) is 48.5 Å². The highest BCUT2D eigenvalue weighted by atomic mass is 16.7. The van der Waals surface area contributed by atoms with Crippen molar-refractivity contribution < 1.29 is 18.8 Å². The van der Waals surface area contributed by atoms with Crippen LogP contribution < -0.4 is 0 Å². The highest BCUT2D eigenvalue weighted by molar-refractivity contribution is 6.51. The third-order valence-electron chi connectivity index (χ3n) is 7.44. The third kappa shape index (κ3) is 4.42. The van der Waals surface area contributed by atoms with Gasteiger partial charge >= 0.3 is 7.12 Å². The van der Waals surface area contributed by atoms with Gasteiger partial charge in [0.25, 0.3) is 0 Å². The van der Waals surface area contributed by atoms with Gasteiger partial charge in [-0.3, -0.25) is 0 Å². The largest absolute Gasteiger partial charge is 0.486 e. The number of ether oxygens (including phenoxy) is 2. The average molecular weight is 504 g/mol. The molecular weight excluding hydrogens is 471 g/mol. The van der Waals surface area contributed by atoms with Gasteiger partial charge in [-0.1, -0.05) is 133 Å². The first-order chi connectivity index (χ1) is 18.7. The summed E-state index contributed by atoms with van der Waals surface area (Å²) in [6, 6.07) is 40.9. The predicted molar refractivity (Wildman–Crippen MR) is 152 cm³/mol. The highest BCUT2D eigenvalue weighted by Crippen LogP contribution is 2.50. The zero-order valence-corrected chi connectivity index (χ0v) is 22.1. The lowest BCUT2D eigenvalue weighted by Gasteiger charge is -2.46. The van der Waals surface area contributed by atoms with Crippen molar-refractivity contribution in [3.8, 4) is 0 Å². The SMILES string of the molecule is CC=CB1OC(C(OC)(c2ccccc2)c2ccccc2)C(C(OC)(c2ccccc2)c2ccccc2)O1. The van der Waals surface area contributed by atoms with Crippen LogP contribution in [0.15, 0.2) is 133 Å². The van der Waals surface area contributed by atoms with Gasteiger partial charge in [-0.15, -0.1) is 0 Å². The molecule has 2 unspecified atom stereocenters. The Hall–Kier alpha value is -3.48. The van der Waals surface area contributed by atoms with E-state index in [0.29, 0.717) is 0 Å². The molecule has 1 aliphatic rings. The van der Waals surface area contributed by atoms with E-state index in [9.17, 15) is 0 Å². The normalized spacial score (nSPS) is 18.2. The first-order valence-corrected chi connectivity index (χ1v) is 13.0. The maximum Gasteiger partial charge on any atom is 0.486 e. The summed E-state index contributed by atoms with van der Waals surface area (Å²) < 4.78 is 26.8. The van der Waals surface area contributed by atoms with Gasteiger partial charge in [0, 0.05) is 14.2 Å². The fourth-order valence-corrected chi connectivity index (χ4v) is 5.77. The van der Waals surface area contributed by atoms with Crippen LogP contribution in [-0.2, 0) is 30.0 Å². The van der Waals surface area contributed by atoms with Gasteiger partial charge in [-0.05, 0) is 29.2 Å². The summed E-state index contributed by atoms with van der Waals surface area (Å²) >= 11 is 0. The van der Waals surface area contributed by atoms with Crippen molar-refractivity contribution in [2.24, 2.45) is 0 Å². The minimum absolute atomic E-state index is 0.584. The fraction of sp³-hybridized carbons (Fsp3) is 0.212. The molecule has 1 aliphatic heterocycles. The number of hydrogen-bond donors (Lipinski definition) is 0. The molecule has 4 aromatic carbocycles. The van der Waals surface area contributed by atoms with Gasteiger partial charge in [0.1, 0.15) is 23.4 Å². The van der Waals surface area contributed by atoms with E-state index in [-0.39, 0.29) is 0 Å². The molecule has 4 aromatic rings. The van der Waals surface area contributed by atoms with Crippen molar-refractivity contribution >= 4 is 7.12 Å². The molecule has 1 fully saturated rings. The highest BCUT2D eigenvalue weighted by Gasteiger charge is 2.61. The number of hydrogen-bond acceptors (Lipinski definition) is 4. The van der Waals surface area contributed by atoms with Crippen LogP contribution in [0.1, 0.15) is 29.2 Å². The number of allylic oxidation sites excluding steroid dienone is 1. The van der Waals surface area contributed by atoms with Crippen molar-refractivity contribution in [1.82, 2.24) is 0 Å². The summed E-state index contributed by atoms with van der Waals surface area (Å²) in [5.41, 5.74) is 1.91. The van der Waals surface area contributed by atoms with E-state index in [1.807, 2.05) is 91.8 Å². The smallest absolute Gasteiger partial charge is 0.398 e. The molecule has 0 N–H and O–H groups in total. The van der Waals surface area contributed by atoms with Gasteiger partial charge in [-0.2, -0.15) is 0 Å². The van der Waals surface area contributed by atoms with Crippen LogP contribution in [0.5, 0.6) is 0 Å². The molecule has 0 saturated carbocycles.